The quantitative estimate of drug-likeness (QED) is 0.117. The minimum Gasteiger partial charge on any atom is -0.391 e. The molecule has 0 saturated carbocycles. The topological polar surface area (TPSA) is 191 Å². The zero-order valence-electron chi connectivity index (χ0n) is 27.7. The van der Waals surface area contributed by atoms with Gasteiger partial charge in [0.2, 0.25) is 23.8 Å². The van der Waals surface area contributed by atoms with Gasteiger partial charge >= 0.3 is 0 Å². The Bertz CT molecular complexity index is 1250. The van der Waals surface area contributed by atoms with Gasteiger partial charge in [0, 0.05) is 52.0 Å². The lowest BCUT2D eigenvalue weighted by Crippen LogP contribution is -2.52. The van der Waals surface area contributed by atoms with Crippen molar-refractivity contribution in [3.05, 3.63) is 11.9 Å². The van der Waals surface area contributed by atoms with Crippen LogP contribution >= 0.6 is 12.4 Å². The molecule has 2 fully saturated rings. The van der Waals surface area contributed by atoms with E-state index in [-0.39, 0.29) is 24.9 Å². The number of halogens is 1. The number of aliphatic hydroxyl groups is 1. The van der Waals surface area contributed by atoms with Crippen molar-refractivity contribution in [2.24, 2.45) is 5.73 Å². The van der Waals surface area contributed by atoms with E-state index in [1.165, 1.54) is 4.68 Å². The maximum Gasteiger partial charge on any atom is 0.250 e. The van der Waals surface area contributed by atoms with E-state index < -0.39 is 12.1 Å². The van der Waals surface area contributed by atoms with Gasteiger partial charge in [-0.3, -0.25) is 4.79 Å². The number of anilines is 3. The zero-order chi connectivity index (χ0) is 33.3. The number of amides is 1. The second-order valence-electron chi connectivity index (χ2n) is 11.2. The highest BCUT2D eigenvalue weighted by Crippen LogP contribution is 2.21. The van der Waals surface area contributed by atoms with Crippen molar-refractivity contribution in [1.82, 2.24) is 34.8 Å². The van der Waals surface area contributed by atoms with Crippen LogP contribution in [-0.2, 0) is 30.2 Å². The summed E-state index contributed by atoms with van der Waals surface area (Å²) in [6, 6.07) is -0.861. The van der Waals surface area contributed by atoms with Crippen LogP contribution in [0, 0.1) is 12.3 Å². The first kappa shape index (κ1) is 39.1. The van der Waals surface area contributed by atoms with Crippen molar-refractivity contribution >= 4 is 36.2 Å². The summed E-state index contributed by atoms with van der Waals surface area (Å²) in [5.41, 5.74) is 6.37. The number of nitrogens with two attached hydrogens (primary N) is 1. The number of unbranched alkanes of at least 4 members (excludes halogenated alkanes) is 1. The van der Waals surface area contributed by atoms with E-state index in [2.05, 4.69) is 31.4 Å². The molecular formula is C30H50ClN11O6. The third kappa shape index (κ3) is 12.3. The van der Waals surface area contributed by atoms with Crippen LogP contribution in [0.2, 0.25) is 0 Å². The molecule has 2 aliphatic rings. The molecule has 2 saturated heterocycles. The van der Waals surface area contributed by atoms with Crippen LogP contribution in [0.25, 0.3) is 0 Å². The normalized spacial score (nSPS) is 16.2. The molecule has 4 heterocycles. The van der Waals surface area contributed by atoms with Gasteiger partial charge in [-0.25, -0.2) is 4.68 Å². The summed E-state index contributed by atoms with van der Waals surface area (Å²) in [5, 5.41) is 22.2. The fourth-order valence-corrected chi connectivity index (χ4v) is 5.15. The molecule has 48 heavy (non-hydrogen) atoms. The lowest BCUT2D eigenvalue weighted by atomic mass is 10.1. The number of carbonyl (C=O) groups excluding carboxylic acids is 1. The van der Waals surface area contributed by atoms with Crippen LogP contribution in [0.15, 0.2) is 6.20 Å². The summed E-state index contributed by atoms with van der Waals surface area (Å²) in [5.74, 6) is 3.76. The van der Waals surface area contributed by atoms with Crippen molar-refractivity contribution in [2.75, 3.05) is 120 Å². The van der Waals surface area contributed by atoms with Crippen molar-refractivity contribution in [3.8, 4) is 12.3 Å². The minimum atomic E-state index is -0.942. The molecule has 2 aromatic rings. The Morgan fingerprint density at radius 1 is 1.00 bits per heavy atom. The Kier molecular flexibility index (Phi) is 17.6. The second kappa shape index (κ2) is 21.6. The first-order valence-electron chi connectivity index (χ1n) is 16.3. The fraction of sp³-hybridized carbons (Fsp3) is 0.733. The molecule has 0 unspecified atom stereocenters. The fourth-order valence-electron chi connectivity index (χ4n) is 5.15. The molecule has 0 aromatic carbocycles. The Morgan fingerprint density at radius 3 is 2.29 bits per heavy atom. The molecule has 4 rings (SSSR count). The standard InChI is InChI=1S/C30H49N11O6.ClH/c1-3-15-44-19-21-47-22-20-45-16-8-32-28-33-29(35-30(34-28)40-13-17-46-18-14-40)39-11-9-38(10-12-39)27(43)26(24(2)42)41-23-25(36-37-41)6-4-5-7-31;/h1,23-24,26,42H,4-22,31H2,2H3,(H,32,33,34,35);1H/t24-,26+;/m1./s1. The van der Waals surface area contributed by atoms with Crippen LogP contribution in [0.1, 0.15) is 31.5 Å². The zero-order valence-corrected chi connectivity index (χ0v) is 28.6. The molecule has 268 valence electrons. The molecule has 18 heteroatoms. The third-order valence-electron chi connectivity index (χ3n) is 7.68. The number of aryl methyl sites for hydroxylation is 1. The van der Waals surface area contributed by atoms with Gasteiger partial charge in [0.05, 0.1) is 58.0 Å². The summed E-state index contributed by atoms with van der Waals surface area (Å²) in [4.78, 5) is 33.6. The van der Waals surface area contributed by atoms with E-state index in [0.717, 1.165) is 25.0 Å². The minimum absolute atomic E-state index is 0. The summed E-state index contributed by atoms with van der Waals surface area (Å²) in [7, 11) is 0. The number of ether oxygens (including phenoxy) is 4. The number of rotatable bonds is 20. The molecule has 2 aliphatic heterocycles. The number of hydrogen-bond acceptors (Lipinski definition) is 15. The van der Waals surface area contributed by atoms with Crippen molar-refractivity contribution in [2.45, 2.75) is 38.3 Å². The Balaban J connectivity index is 0.00000625. The number of morpholine rings is 1. The number of aromatic nitrogens is 6. The largest absolute Gasteiger partial charge is 0.391 e. The predicted molar refractivity (Wildman–Crippen MR) is 181 cm³/mol. The lowest BCUT2D eigenvalue weighted by molar-refractivity contribution is -0.138. The number of hydrogen-bond donors (Lipinski definition) is 3. The van der Waals surface area contributed by atoms with Crippen molar-refractivity contribution in [1.29, 1.82) is 0 Å². The highest BCUT2D eigenvalue weighted by molar-refractivity contribution is 5.85. The molecule has 4 N–H and O–H groups in total. The van der Waals surface area contributed by atoms with Crippen LogP contribution < -0.4 is 20.9 Å². The van der Waals surface area contributed by atoms with Gasteiger partial charge in [-0.1, -0.05) is 11.1 Å². The molecular weight excluding hydrogens is 646 g/mol. The van der Waals surface area contributed by atoms with Crippen molar-refractivity contribution in [3.63, 3.8) is 0 Å². The number of terminal acetylenes is 1. The summed E-state index contributed by atoms with van der Waals surface area (Å²) >= 11 is 0. The molecule has 0 bridgehead atoms. The number of carbonyl (C=O) groups is 1. The van der Waals surface area contributed by atoms with E-state index in [9.17, 15) is 9.90 Å². The maximum absolute atomic E-state index is 13.6. The van der Waals surface area contributed by atoms with Gasteiger partial charge in [-0.15, -0.1) is 23.9 Å². The number of piperazine rings is 1. The van der Waals surface area contributed by atoms with E-state index >= 15 is 0 Å². The maximum atomic E-state index is 13.6. The van der Waals surface area contributed by atoms with Gasteiger partial charge < -0.3 is 49.8 Å². The highest BCUT2D eigenvalue weighted by Gasteiger charge is 2.33. The van der Waals surface area contributed by atoms with E-state index in [1.807, 2.05) is 4.90 Å². The Hall–Kier alpha value is -3.37. The van der Waals surface area contributed by atoms with Crippen LogP contribution in [0.5, 0.6) is 0 Å². The van der Waals surface area contributed by atoms with E-state index in [0.29, 0.717) is 116 Å². The first-order chi connectivity index (χ1) is 23.0. The monoisotopic (exact) mass is 695 g/mol. The highest BCUT2D eigenvalue weighted by atomic mass is 35.5. The molecule has 0 aliphatic carbocycles. The van der Waals surface area contributed by atoms with Gasteiger partial charge in [-0.2, -0.15) is 15.0 Å². The summed E-state index contributed by atoms with van der Waals surface area (Å²) < 4.78 is 23.3. The van der Waals surface area contributed by atoms with Gasteiger partial charge in [-0.05, 0) is 32.7 Å². The molecule has 2 atom stereocenters. The van der Waals surface area contributed by atoms with Crippen LogP contribution in [0.3, 0.4) is 0 Å². The Labute approximate surface area is 288 Å². The lowest BCUT2D eigenvalue weighted by Gasteiger charge is -2.37. The van der Waals surface area contributed by atoms with Gasteiger partial charge in [0.1, 0.15) is 6.61 Å². The van der Waals surface area contributed by atoms with E-state index in [4.69, 9.17) is 41.1 Å². The summed E-state index contributed by atoms with van der Waals surface area (Å²) in [6.07, 6.45) is 8.44. The average molecular weight is 696 g/mol. The third-order valence-corrected chi connectivity index (χ3v) is 7.68. The first-order valence-corrected chi connectivity index (χ1v) is 16.3. The number of aliphatic hydroxyl groups excluding tert-OH is 1. The van der Waals surface area contributed by atoms with Gasteiger partial charge in [0.15, 0.2) is 6.04 Å². The van der Waals surface area contributed by atoms with Crippen LogP contribution in [-0.4, -0.2) is 157 Å². The average Bonchev–Trinajstić information content (AvgIpc) is 3.55. The Morgan fingerprint density at radius 2 is 1.65 bits per heavy atom. The molecule has 1 amide bonds. The second-order valence-corrected chi connectivity index (χ2v) is 11.2. The number of nitrogens with one attached hydrogen (secondary N) is 1. The van der Waals surface area contributed by atoms with Crippen LogP contribution in [0.4, 0.5) is 17.8 Å². The predicted octanol–water partition coefficient (Wildman–Crippen LogP) is -0.631. The summed E-state index contributed by atoms with van der Waals surface area (Å²) in [6.45, 7) is 9.71. The molecule has 0 radical (unpaired) electrons. The molecule has 0 spiro atoms. The van der Waals surface area contributed by atoms with E-state index in [1.54, 1.807) is 18.0 Å². The van der Waals surface area contributed by atoms with Crippen molar-refractivity contribution < 1.29 is 28.8 Å². The van der Waals surface area contributed by atoms with Gasteiger partial charge in [0.25, 0.3) is 0 Å². The molecule has 17 nitrogen and oxygen atoms in total. The SMILES string of the molecule is C#CCOCCOCCOCCNc1nc(N2CCOCC2)nc(N2CCN(C(=O)[C@H]([C@@H](C)O)n3cc(CCCCN)nn3)CC2)n1.Cl. The molecule has 2 aromatic heterocycles. The smallest absolute Gasteiger partial charge is 0.250 e. The number of nitrogens with zero attached hydrogens (tertiary/aromatic N) is 9.